The first-order valence-electron chi connectivity index (χ1n) is 6.84. The first-order chi connectivity index (χ1) is 9.69. The number of carbonyl (C=O) groups is 1. The summed E-state index contributed by atoms with van der Waals surface area (Å²) in [7, 11) is 2.07. The number of hydrogen-bond donors (Lipinski definition) is 1. The third-order valence-corrected chi connectivity index (χ3v) is 4.95. The zero-order chi connectivity index (χ0) is 14.1. The monoisotopic (exact) mass is 291 g/mol. The number of likely N-dealkylation sites (N-methyl/N-ethyl adjacent to an activating group) is 1. The highest BCUT2D eigenvalue weighted by atomic mass is 32.1. The molecule has 1 aromatic heterocycles. The predicted octanol–water partition coefficient (Wildman–Crippen LogP) is 1.73. The molecule has 3 heterocycles. The summed E-state index contributed by atoms with van der Waals surface area (Å²) in [4.78, 5) is 15.5. The van der Waals surface area contributed by atoms with Crippen LogP contribution < -0.4 is 5.32 Å². The van der Waals surface area contributed by atoms with E-state index < -0.39 is 0 Å². The van der Waals surface area contributed by atoms with Crippen molar-refractivity contribution in [3.63, 3.8) is 0 Å². The lowest BCUT2D eigenvalue weighted by molar-refractivity contribution is -0.124. The van der Waals surface area contributed by atoms with Gasteiger partial charge in [0.25, 0.3) is 5.91 Å². The number of nitrogens with zero attached hydrogens (tertiary/aromatic N) is 2. The lowest BCUT2D eigenvalue weighted by Crippen LogP contribution is -2.26. The Labute approximate surface area is 122 Å². The van der Waals surface area contributed by atoms with Crippen LogP contribution in [-0.4, -0.2) is 37.1 Å². The number of fused-ring (bicyclic) bond motifs is 1. The maximum Gasteiger partial charge on any atom is 0.254 e. The highest BCUT2D eigenvalue weighted by molar-refractivity contribution is 7.16. The number of hydrogen-bond acceptors (Lipinski definition) is 5. The summed E-state index contributed by atoms with van der Waals surface area (Å²) >= 11 is 1.53. The summed E-state index contributed by atoms with van der Waals surface area (Å²) in [6.07, 6.45) is 2.21. The molecule has 1 amide bonds. The molecule has 1 atom stereocenters. The Bertz CT molecular complexity index is 570. The Kier molecular flexibility index (Phi) is 3.74. The molecular formula is C14H17N3O2S. The van der Waals surface area contributed by atoms with Gasteiger partial charge in [0, 0.05) is 24.6 Å². The first kappa shape index (κ1) is 13.6. The zero-order valence-electron chi connectivity index (χ0n) is 11.4. The van der Waals surface area contributed by atoms with Crippen LogP contribution in [0.2, 0.25) is 0 Å². The molecule has 1 aromatic rings. The van der Waals surface area contributed by atoms with E-state index in [1.807, 2.05) is 0 Å². The molecule has 0 spiro atoms. The Morgan fingerprint density at radius 3 is 3.15 bits per heavy atom. The van der Waals surface area contributed by atoms with Gasteiger partial charge in [-0.2, -0.15) is 5.26 Å². The predicted molar refractivity (Wildman–Crippen MR) is 76.7 cm³/mol. The normalized spacial score (nSPS) is 22.3. The molecule has 0 radical (unpaired) electrons. The van der Waals surface area contributed by atoms with Crippen molar-refractivity contribution in [1.82, 2.24) is 4.90 Å². The average Bonchev–Trinajstić information content (AvgIpc) is 3.04. The summed E-state index contributed by atoms with van der Waals surface area (Å²) in [5.74, 6) is -0.119. The Morgan fingerprint density at radius 1 is 1.60 bits per heavy atom. The maximum atomic E-state index is 12.1. The van der Waals surface area contributed by atoms with Crippen molar-refractivity contribution in [1.29, 1.82) is 5.26 Å². The highest BCUT2D eigenvalue weighted by Gasteiger charge is 2.27. The molecule has 20 heavy (non-hydrogen) atoms. The van der Waals surface area contributed by atoms with E-state index in [2.05, 4.69) is 23.3 Å². The number of nitrogens with one attached hydrogen (secondary N) is 1. The van der Waals surface area contributed by atoms with Gasteiger partial charge in [0.1, 0.15) is 17.2 Å². The quantitative estimate of drug-likeness (QED) is 0.901. The van der Waals surface area contributed by atoms with Crippen LogP contribution in [0.15, 0.2) is 0 Å². The van der Waals surface area contributed by atoms with Crippen LogP contribution in [0.3, 0.4) is 0 Å². The minimum absolute atomic E-state index is 0.119. The molecule has 2 aliphatic rings. The summed E-state index contributed by atoms with van der Waals surface area (Å²) in [6.45, 7) is 2.46. The van der Waals surface area contributed by atoms with Crippen molar-refractivity contribution in [2.75, 3.05) is 25.5 Å². The molecule has 1 saturated heterocycles. The molecule has 0 aromatic carbocycles. The van der Waals surface area contributed by atoms with Crippen LogP contribution in [0.25, 0.3) is 0 Å². The van der Waals surface area contributed by atoms with Crippen LogP contribution in [-0.2, 0) is 22.5 Å². The topological polar surface area (TPSA) is 65.4 Å². The van der Waals surface area contributed by atoms with Gasteiger partial charge >= 0.3 is 0 Å². The van der Waals surface area contributed by atoms with Crippen molar-refractivity contribution in [3.05, 3.63) is 16.0 Å². The third kappa shape index (κ3) is 2.44. The van der Waals surface area contributed by atoms with Crippen LogP contribution in [0.4, 0.5) is 5.00 Å². The lowest BCUT2D eigenvalue weighted by Gasteiger charge is -2.21. The molecule has 6 heteroatoms. The molecule has 106 valence electrons. The minimum Gasteiger partial charge on any atom is -0.368 e. The highest BCUT2D eigenvalue weighted by Crippen LogP contribution is 2.36. The largest absolute Gasteiger partial charge is 0.368 e. The molecule has 1 N–H and O–H groups in total. The second kappa shape index (κ2) is 5.52. The van der Waals surface area contributed by atoms with E-state index in [4.69, 9.17) is 4.74 Å². The number of carbonyl (C=O) groups excluding carboxylic acids is 1. The molecule has 2 aliphatic heterocycles. The summed E-state index contributed by atoms with van der Waals surface area (Å²) in [6, 6.07) is 2.25. The summed E-state index contributed by atoms with van der Waals surface area (Å²) in [5.41, 5.74) is 1.75. The van der Waals surface area contributed by atoms with Gasteiger partial charge in [0.15, 0.2) is 0 Å². The lowest BCUT2D eigenvalue weighted by atomic mass is 10.0. The van der Waals surface area contributed by atoms with Gasteiger partial charge in [-0.1, -0.05) is 0 Å². The Balaban J connectivity index is 1.83. The van der Waals surface area contributed by atoms with Crippen LogP contribution in [0, 0.1) is 11.3 Å². The average molecular weight is 291 g/mol. The second-order valence-electron chi connectivity index (χ2n) is 5.30. The van der Waals surface area contributed by atoms with E-state index in [1.54, 1.807) is 0 Å². The SMILES string of the molecule is CN1CCc2c(sc(NC(=O)C3CCCO3)c2C#N)C1. The Hall–Kier alpha value is -1.42. The van der Waals surface area contributed by atoms with Gasteiger partial charge < -0.3 is 15.0 Å². The van der Waals surface area contributed by atoms with Gasteiger partial charge in [-0.25, -0.2) is 0 Å². The summed E-state index contributed by atoms with van der Waals surface area (Å²) in [5, 5.41) is 12.9. The molecule has 0 saturated carbocycles. The van der Waals surface area contributed by atoms with E-state index in [0.717, 1.165) is 37.9 Å². The van der Waals surface area contributed by atoms with Crippen LogP contribution >= 0.6 is 11.3 Å². The number of anilines is 1. The van der Waals surface area contributed by atoms with Gasteiger partial charge in [-0.15, -0.1) is 11.3 Å². The van der Waals surface area contributed by atoms with Crippen molar-refractivity contribution in [3.8, 4) is 6.07 Å². The van der Waals surface area contributed by atoms with Crippen molar-refractivity contribution in [2.45, 2.75) is 31.9 Å². The molecule has 1 unspecified atom stereocenters. The molecule has 0 aliphatic carbocycles. The number of amides is 1. The van der Waals surface area contributed by atoms with E-state index in [-0.39, 0.29) is 12.0 Å². The van der Waals surface area contributed by atoms with E-state index in [9.17, 15) is 10.1 Å². The fourth-order valence-electron chi connectivity index (χ4n) is 2.71. The standard InChI is InChI=1S/C14H17N3O2S/c1-17-5-4-9-10(7-15)14(20-12(9)8-17)16-13(18)11-3-2-6-19-11/h11H,2-6,8H2,1H3,(H,16,18). The molecule has 5 nitrogen and oxygen atoms in total. The van der Waals surface area contributed by atoms with Gasteiger partial charge in [0.05, 0.1) is 5.56 Å². The van der Waals surface area contributed by atoms with Crippen molar-refractivity contribution in [2.24, 2.45) is 0 Å². The fraction of sp³-hybridized carbons (Fsp3) is 0.571. The molecule has 3 rings (SSSR count). The number of nitriles is 1. The third-order valence-electron chi connectivity index (χ3n) is 3.82. The second-order valence-corrected chi connectivity index (χ2v) is 6.40. The van der Waals surface area contributed by atoms with E-state index in [1.165, 1.54) is 16.2 Å². The van der Waals surface area contributed by atoms with Gasteiger partial charge in [0.2, 0.25) is 0 Å². The van der Waals surface area contributed by atoms with Crippen LogP contribution in [0.1, 0.15) is 28.8 Å². The maximum absolute atomic E-state index is 12.1. The first-order valence-corrected chi connectivity index (χ1v) is 7.66. The molecular weight excluding hydrogens is 274 g/mol. The number of rotatable bonds is 2. The molecule has 1 fully saturated rings. The molecule has 0 bridgehead atoms. The van der Waals surface area contributed by atoms with Crippen molar-refractivity contribution >= 4 is 22.2 Å². The smallest absolute Gasteiger partial charge is 0.254 e. The van der Waals surface area contributed by atoms with Crippen molar-refractivity contribution < 1.29 is 9.53 Å². The number of ether oxygens (including phenoxy) is 1. The number of thiophene rings is 1. The van der Waals surface area contributed by atoms with E-state index >= 15 is 0 Å². The van der Waals surface area contributed by atoms with Gasteiger partial charge in [-0.05, 0) is 31.9 Å². The summed E-state index contributed by atoms with van der Waals surface area (Å²) < 4.78 is 5.38. The van der Waals surface area contributed by atoms with E-state index in [0.29, 0.717) is 17.2 Å². The fourth-order valence-corrected chi connectivity index (χ4v) is 4.00. The van der Waals surface area contributed by atoms with Crippen LogP contribution in [0.5, 0.6) is 0 Å². The minimum atomic E-state index is -0.358. The van der Waals surface area contributed by atoms with Gasteiger partial charge in [-0.3, -0.25) is 4.79 Å². The Morgan fingerprint density at radius 2 is 2.45 bits per heavy atom. The zero-order valence-corrected chi connectivity index (χ0v) is 12.3.